The van der Waals surface area contributed by atoms with Gasteiger partial charge in [0.1, 0.15) is 5.75 Å². The summed E-state index contributed by atoms with van der Waals surface area (Å²) >= 11 is 0. The Balaban J connectivity index is 1.74. The van der Waals surface area contributed by atoms with Crippen LogP contribution in [0.4, 0.5) is 0 Å². The first kappa shape index (κ1) is 16.5. The van der Waals surface area contributed by atoms with E-state index >= 15 is 0 Å². The number of hydrogen-bond donors (Lipinski definition) is 1. The molecule has 0 aliphatic rings. The third-order valence-corrected chi connectivity index (χ3v) is 3.53. The molecular weight excluding hydrogens is 312 g/mol. The van der Waals surface area contributed by atoms with E-state index in [1.54, 1.807) is 6.21 Å². The molecule has 3 aromatic carbocycles. The molecule has 0 aromatic heterocycles. The Hall–Kier alpha value is -3.40. The zero-order chi connectivity index (χ0) is 17.3. The van der Waals surface area contributed by atoms with E-state index in [1.807, 2.05) is 91.0 Å². The van der Waals surface area contributed by atoms with Crippen LogP contribution in [0.1, 0.15) is 17.2 Å². The van der Waals surface area contributed by atoms with Gasteiger partial charge in [-0.05, 0) is 17.7 Å². The molecule has 0 saturated heterocycles. The number of nitrogens with one attached hydrogen (secondary N) is 1. The molecule has 0 heterocycles. The van der Waals surface area contributed by atoms with E-state index in [9.17, 15) is 4.79 Å². The number of hydrogen-bond acceptors (Lipinski definition) is 3. The van der Waals surface area contributed by atoms with Crippen molar-refractivity contribution in [2.75, 3.05) is 0 Å². The van der Waals surface area contributed by atoms with E-state index in [0.717, 1.165) is 11.1 Å². The van der Waals surface area contributed by atoms with E-state index in [4.69, 9.17) is 4.74 Å². The standard InChI is InChI=1S/C21H18N2O2/c24-21(23-22-16-17-10-4-1-5-11-17)20(18-12-6-2-7-13-18)25-19-14-8-3-9-15-19/h1-16,20H,(H,23,24)/b22-16+. The van der Waals surface area contributed by atoms with Gasteiger partial charge in [-0.1, -0.05) is 78.9 Å². The zero-order valence-electron chi connectivity index (χ0n) is 13.6. The topological polar surface area (TPSA) is 50.7 Å². The van der Waals surface area contributed by atoms with Crippen molar-refractivity contribution in [3.05, 3.63) is 102 Å². The Morgan fingerprint density at radius 3 is 2.04 bits per heavy atom. The Labute approximate surface area is 146 Å². The number of hydrazone groups is 1. The third kappa shape index (κ3) is 4.78. The molecule has 1 atom stereocenters. The van der Waals surface area contributed by atoms with E-state index in [2.05, 4.69) is 10.5 Å². The number of benzene rings is 3. The van der Waals surface area contributed by atoms with Crippen LogP contribution in [0.3, 0.4) is 0 Å². The third-order valence-electron chi connectivity index (χ3n) is 3.53. The zero-order valence-corrected chi connectivity index (χ0v) is 13.6. The summed E-state index contributed by atoms with van der Waals surface area (Å²) in [5, 5.41) is 4.03. The highest BCUT2D eigenvalue weighted by molar-refractivity contribution is 5.85. The molecule has 0 saturated carbocycles. The highest BCUT2D eigenvalue weighted by Crippen LogP contribution is 2.21. The van der Waals surface area contributed by atoms with Crippen LogP contribution in [0.15, 0.2) is 96.1 Å². The maximum atomic E-state index is 12.6. The van der Waals surface area contributed by atoms with Crippen LogP contribution in [0.25, 0.3) is 0 Å². The summed E-state index contributed by atoms with van der Waals surface area (Å²) in [5.74, 6) is 0.292. The van der Waals surface area contributed by atoms with Gasteiger partial charge < -0.3 is 4.74 Å². The summed E-state index contributed by atoms with van der Waals surface area (Å²) in [6.07, 6.45) is 0.819. The van der Waals surface area contributed by atoms with Crippen LogP contribution in [0.2, 0.25) is 0 Å². The first-order valence-electron chi connectivity index (χ1n) is 7.97. The molecule has 1 N–H and O–H groups in total. The number of nitrogens with zero attached hydrogens (tertiary/aromatic N) is 1. The molecule has 0 aliphatic heterocycles. The Morgan fingerprint density at radius 2 is 1.40 bits per heavy atom. The molecule has 1 unspecified atom stereocenters. The summed E-state index contributed by atoms with van der Waals surface area (Å²) < 4.78 is 5.88. The van der Waals surface area contributed by atoms with Gasteiger partial charge in [-0.3, -0.25) is 4.79 Å². The fraction of sp³-hybridized carbons (Fsp3) is 0.0476. The van der Waals surface area contributed by atoms with Crippen LogP contribution in [-0.4, -0.2) is 12.1 Å². The number of carbonyl (C=O) groups is 1. The van der Waals surface area contributed by atoms with Crippen molar-refractivity contribution >= 4 is 12.1 Å². The van der Waals surface area contributed by atoms with Gasteiger partial charge in [-0.2, -0.15) is 5.10 Å². The van der Waals surface area contributed by atoms with Gasteiger partial charge in [0.25, 0.3) is 5.91 Å². The van der Waals surface area contributed by atoms with Gasteiger partial charge in [0.2, 0.25) is 6.10 Å². The minimum atomic E-state index is -0.781. The maximum absolute atomic E-state index is 12.6. The maximum Gasteiger partial charge on any atom is 0.285 e. The molecule has 0 aliphatic carbocycles. The number of amides is 1. The van der Waals surface area contributed by atoms with Crippen LogP contribution in [0.5, 0.6) is 5.75 Å². The first-order chi connectivity index (χ1) is 12.3. The Kier molecular flexibility index (Phi) is 5.56. The van der Waals surface area contributed by atoms with Crippen molar-refractivity contribution in [2.45, 2.75) is 6.10 Å². The minimum Gasteiger partial charge on any atom is -0.476 e. The number of rotatable bonds is 6. The van der Waals surface area contributed by atoms with Gasteiger partial charge in [0.15, 0.2) is 0 Å². The Morgan fingerprint density at radius 1 is 0.840 bits per heavy atom. The summed E-state index contributed by atoms with van der Waals surface area (Å²) in [6.45, 7) is 0. The quantitative estimate of drug-likeness (QED) is 0.549. The van der Waals surface area contributed by atoms with Gasteiger partial charge in [0.05, 0.1) is 6.21 Å². The van der Waals surface area contributed by atoms with E-state index in [0.29, 0.717) is 5.75 Å². The predicted octanol–water partition coefficient (Wildman–Crippen LogP) is 3.96. The second-order valence-electron chi connectivity index (χ2n) is 5.37. The predicted molar refractivity (Wildman–Crippen MR) is 98.4 cm³/mol. The summed E-state index contributed by atoms with van der Waals surface area (Å²) in [6, 6.07) is 28.2. The second kappa shape index (κ2) is 8.45. The smallest absolute Gasteiger partial charge is 0.285 e. The molecule has 1 amide bonds. The Bertz CT molecular complexity index is 818. The van der Waals surface area contributed by atoms with Crippen LogP contribution < -0.4 is 10.2 Å². The molecule has 3 aromatic rings. The molecular formula is C21H18N2O2. The molecule has 4 nitrogen and oxygen atoms in total. The van der Waals surface area contributed by atoms with Crippen molar-refractivity contribution in [3.8, 4) is 5.75 Å². The molecule has 0 radical (unpaired) electrons. The van der Waals surface area contributed by atoms with Crippen molar-refractivity contribution in [3.63, 3.8) is 0 Å². The average Bonchev–Trinajstić information content (AvgIpc) is 2.68. The van der Waals surface area contributed by atoms with Gasteiger partial charge >= 0.3 is 0 Å². The number of carbonyl (C=O) groups excluding carboxylic acids is 1. The van der Waals surface area contributed by atoms with Gasteiger partial charge in [-0.15, -0.1) is 0 Å². The van der Waals surface area contributed by atoms with Gasteiger partial charge in [-0.25, -0.2) is 5.43 Å². The molecule has 4 heteroatoms. The molecule has 0 fully saturated rings. The molecule has 3 rings (SSSR count). The monoisotopic (exact) mass is 330 g/mol. The van der Waals surface area contributed by atoms with E-state index < -0.39 is 6.10 Å². The lowest BCUT2D eigenvalue weighted by molar-refractivity contribution is -0.128. The largest absolute Gasteiger partial charge is 0.476 e. The SMILES string of the molecule is O=C(N/N=C/c1ccccc1)C(Oc1ccccc1)c1ccccc1. The van der Waals surface area contributed by atoms with Crippen molar-refractivity contribution in [1.82, 2.24) is 5.43 Å². The van der Waals surface area contributed by atoms with E-state index in [-0.39, 0.29) is 5.91 Å². The number of ether oxygens (including phenoxy) is 1. The lowest BCUT2D eigenvalue weighted by atomic mass is 10.1. The minimum absolute atomic E-state index is 0.331. The highest BCUT2D eigenvalue weighted by Gasteiger charge is 2.22. The second-order valence-corrected chi connectivity index (χ2v) is 5.37. The molecule has 25 heavy (non-hydrogen) atoms. The summed E-state index contributed by atoms with van der Waals surface area (Å²) in [4.78, 5) is 12.6. The van der Waals surface area contributed by atoms with Crippen LogP contribution >= 0.6 is 0 Å². The summed E-state index contributed by atoms with van der Waals surface area (Å²) in [5.41, 5.74) is 4.22. The highest BCUT2D eigenvalue weighted by atomic mass is 16.5. The van der Waals surface area contributed by atoms with E-state index in [1.165, 1.54) is 0 Å². The van der Waals surface area contributed by atoms with Crippen molar-refractivity contribution < 1.29 is 9.53 Å². The molecule has 124 valence electrons. The lowest BCUT2D eigenvalue weighted by Crippen LogP contribution is -2.29. The fourth-order valence-electron chi connectivity index (χ4n) is 2.30. The summed E-state index contributed by atoms with van der Waals surface area (Å²) in [7, 11) is 0. The van der Waals surface area contributed by atoms with Crippen molar-refractivity contribution in [1.29, 1.82) is 0 Å². The normalized spacial score (nSPS) is 11.8. The van der Waals surface area contributed by atoms with Crippen molar-refractivity contribution in [2.24, 2.45) is 5.10 Å². The lowest BCUT2D eigenvalue weighted by Gasteiger charge is -2.17. The molecule has 0 bridgehead atoms. The average molecular weight is 330 g/mol. The number of para-hydroxylation sites is 1. The fourth-order valence-corrected chi connectivity index (χ4v) is 2.30. The van der Waals surface area contributed by atoms with Gasteiger partial charge in [0, 0.05) is 5.56 Å². The first-order valence-corrected chi connectivity index (χ1v) is 7.97. The van der Waals surface area contributed by atoms with Crippen LogP contribution in [0, 0.1) is 0 Å². The molecule has 0 spiro atoms. The van der Waals surface area contributed by atoms with Crippen LogP contribution in [-0.2, 0) is 4.79 Å².